The molecule has 5 nitrogen and oxygen atoms in total. The molecule has 0 saturated heterocycles. The number of hydrogen-bond donors (Lipinski definition) is 2. The lowest BCUT2D eigenvalue weighted by molar-refractivity contribution is 0.306. The molecule has 2 N–H and O–H groups in total. The highest BCUT2D eigenvalue weighted by Gasteiger charge is 2.04. The first kappa shape index (κ1) is 17.5. The molecule has 0 unspecified atom stereocenters. The van der Waals surface area contributed by atoms with Gasteiger partial charge in [-0.25, -0.2) is 4.68 Å². The number of H-pyrrole nitrogens is 1. The summed E-state index contributed by atoms with van der Waals surface area (Å²) >= 11 is 11.1. The third-order valence-corrected chi connectivity index (χ3v) is 4.24. The van der Waals surface area contributed by atoms with Crippen LogP contribution in [-0.4, -0.2) is 14.9 Å². The fraction of sp³-hybridized carbons (Fsp3) is 0.222. The molecule has 3 rings (SSSR count). The van der Waals surface area contributed by atoms with Crippen LogP contribution in [0.1, 0.15) is 23.9 Å². The second kappa shape index (κ2) is 8.18. The fourth-order valence-electron chi connectivity index (χ4n) is 2.39. The summed E-state index contributed by atoms with van der Waals surface area (Å²) in [6.07, 6.45) is 0.796. The van der Waals surface area contributed by atoms with E-state index in [1.165, 1.54) is 0 Å². The minimum Gasteiger partial charge on any atom is -0.489 e. The zero-order chi connectivity index (χ0) is 17.6. The van der Waals surface area contributed by atoms with Crippen molar-refractivity contribution in [2.75, 3.05) is 5.43 Å². The van der Waals surface area contributed by atoms with Gasteiger partial charge in [0, 0.05) is 11.4 Å². The molecule has 0 aliphatic rings. The number of aromatic amines is 1. The van der Waals surface area contributed by atoms with Crippen LogP contribution >= 0.6 is 23.8 Å². The number of aromatic nitrogens is 3. The van der Waals surface area contributed by atoms with Gasteiger partial charge in [-0.05, 0) is 47.6 Å². The Morgan fingerprint density at radius 1 is 1.20 bits per heavy atom. The van der Waals surface area contributed by atoms with Gasteiger partial charge in [0.25, 0.3) is 0 Å². The zero-order valence-electron chi connectivity index (χ0n) is 13.8. The van der Waals surface area contributed by atoms with E-state index in [0.717, 1.165) is 34.1 Å². The van der Waals surface area contributed by atoms with E-state index in [4.69, 9.17) is 28.6 Å². The molecule has 130 valence electrons. The van der Waals surface area contributed by atoms with Crippen LogP contribution in [-0.2, 0) is 19.6 Å². The van der Waals surface area contributed by atoms with E-state index in [1.807, 2.05) is 55.5 Å². The molecular formula is C18H19ClN4OS. The molecule has 0 aliphatic carbocycles. The van der Waals surface area contributed by atoms with Crippen molar-refractivity contribution in [1.29, 1.82) is 0 Å². The Kier molecular flexibility index (Phi) is 5.73. The van der Waals surface area contributed by atoms with Gasteiger partial charge >= 0.3 is 0 Å². The Bertz CT molecular complexity index is 889. The highest BCUT2D eigenvalue weighted by molar-refractivity contribution is 7.71. The lowest BCUT2D eigenvalue weighted by Crippen LogP contribution is -2.17. The van der Waals surface area contributed by atoms with Crippen LogP contribution in [0.5, 0.6) is 5.75 Å². The van der Waals surface area contributed by atoms with Crippen molar-refractivity contribution in [3.63, 3.8) is 0 Å². The predicted octanol–water partition coefficient (Wildman–Crippen LogP) is 4.48. The molecule has 0 bridgehead atoms. The molecule has 0 atom stereocenters. The number of nitrogens with zero attached hydrogens (tertiary/aromatic N) is 2. The fourth-order valence-corrected chi connectivity index (χ4v) is 2.73. The van der Waals surface area contributed by atoms with Gasteiger partial charge in [0.1, 0.15) is 12.4 Å². The van der Waals surface area contributed by atoms with Gasteiger partial charge in [-0.1, -0.05) is 42.8 Å². The summed E-state index contributed by atoms with van der Waals surface area (Å²) < 4.78 is 8.23. The number of halogens is 1. The maximum atomic E-state index is 5.90. The second-order valence-electron chi connectivity index (χ2n) is 5.53. The minimum atomic E-state index is 0.501. The lowest BCUT2D eigenvalue weighted by atomic mass is 10.2. The van der Waals surface area contributed by atoms with E-state index in [0.29, 0.717) is 17.9 Å². The SMILES string of the molecule is CCc1n[nH]c(=S)n1NCc1cccc(OCc2ccc(Cl)cc2)c1. The minimum absolute atomic E-state index is 0.501. The normalized spacial score (nSPS) is 10.6. The first-order valence-electron chi connectivity index (χ1n) is 8.02. The summed E-state index contributed by atoms with van der Waals surface area (Å²) in [7, 11) is 0. The zero-order valence-corrected chi connectivity index (χ0v) is 15.4. The summed E-state index contributed by atoms with van der Waals surface area (Å²) in [5.74, 6) is 1.70. The van der Waals surface area contributed by atoms with Crippen LogP contribution in [0.15, 0.2) is 48.5 Å². The largest absolute Gasteiger partial charge is 0.489 e. The standard InChI is InChI=1S/C18H19ClN4OS/c1-2-17-21-22-18(25)23(17)20-11-14-4-3-5-16(10-14)24-12-13-6-8-15(19)9-7-13/h3-10,20H,2,11-12H2,1H3,(H,22,25). The van der Waals surface area contributed by atoms with Crippen molar-refractivity contribution in [2.45, 2.75) is 26.5 Å². The van der Waals surface area contributed by atoms with Gasteiger partial charge in [-0.15, -0.1) is 0 Å². The molecule has 0 aliphatic heterocycles. The third kappa shape index (κ3) is 4.61. The van der Waals surface area contributed by atoms with E-state index < -0.39 is 0 Å². The molecule has 0 spiro atoms. The molecule has 25 heavy (non-hydrogen) atoms. The average Bonchev–Trinajstić information content (AvgIpc) is 2.99. The van der Waals surface area contributed by atoms with Gasteiger partial charge < -0.3 is 10.2 Å². The van der Waals surface area contributed by atoms with E-state index in [2.05, 4.69) is 15.6 Å². The molecule has 0 amide bonds. The van der Waals surface area contributed by atoms with E-state index in [1.54, 1.807) is 4.68 Å². The monoisotopic (exact) mass is 374 g/mol. The highest BCUT2D eigenvalue weighted by Crippen LogP contribution is 2.16. The number of nitrogens with one attached hydrogen (secondary N) is 2. The maximum Gasteiger partial charge on any atom is 0.214 e. The molecular weight excluding hydrogens is 356 g/mol. The van der Waals surface area contributed by atoms with Crippen molar-refractivity contribution in [3.05, 3.63) is 75.3 Å². The Morgan fingerprint density at radius 3 is 2.76 bits per heavy atom. The first-order valence-corrected chi connectivity index (χ1v) is 8.80. The quantitative estimate of drug-likeness (QED) is 0.599. The maximum absolute atomic E-state index is 5.90. The third-order valence-electron chi connectivity index (χ3n) is 3.72. The average molecular weight is 375 g/mol. The molecule has 2 aromatic carbocycles. The highest BCUT2D eigenvalue weighted by atomic mass is 35.5. The number of rotatable bonds is 7. The predicted molar refractivity (Wildman–Crippen MR) is 102 cm³/mol. The summed E-state index contributed by atoms with van der Waals surface area (Å²) in [5.41, 5.74) is 5.45. The lowest BCUT2D eigenvalue weighted by Gasteiger charge is -2.11. The number of hydrogen-bond acceptors (Lipinski definition) is 4. The van der Waals surface area contributed by atoms with Gasteiger partial charge in [0.2, 0.25) is 4.77 Å². The van der Waals surface area contributed by atoms with Crippen LogP contribution < -0.4 is 10.2 Å². The molecule has 7 heteroatoms. The molecule has 0 radical (unpaired) electrons. The summed E-state index contributed by atoms with van der Waals surface area (Å²) in [6, 6.07) is 15.6. The van der Waals surface area contributed by atoms with Crippen LogP contribution in [0.3, 0.4) is 0 Å². The molecule has 1 heterocycles. The van der Waals surface area contributed by atoms with Crippen molar-refractivity contribution in [1.82, 2.24) is 14.9 Å². The van der Waals surface area contributed by atoms with Gasteiger partial charge in [0.15, 0.2) is 5.82 Å². The van der Waals surface area contributed by atoms with E-state index >= 15 is 0 Å². The van der Waals surface area contributed by atoms with Crippen molar-refractivity contribution in [2.24, 2.45) is 0 Å². The van der Waals surface area contributed by atoms with E-state index in [9.17, 15) is 0 Å². The van der Waals surface area contributed by atoms with Crippen LogP contribution in [0.2, 0.25) is 5.02 Å². The second-order valence-corrected chi connectivity index (χ2v) is 6.35. The molecule has 1 aromatic heterocycles. The Morgan fingerprint density at radius 2 is 2.00 bits per heavy atom. The number of ether oxygens (including phenoxy) is 1. The van der Waals surface area contributed by atoms with Crippen LogP contribution in [0.4, 0.5) is 0 Å². The van der Waals surface area contributed by atoms with Crippen LogP contribution in [0.25, 0.3) is 0 Å². The van der Waals surface area contributed by atoms with E-state index in [-0.39, 0.29) is 0 Å². The molecule has 3 aromatic rings. The summed E-state index contributed by atoms with van der Waals surface area (Å²) in [5, 5.41) is 7.70. The molecule has 0 fully saturated rings. The summed E-state index contributed by atoms with van der Waals surface area (Å²) in [4.78, 5) is 0. The Balaban J connectivity index is 1.62. The Hall–Kier alpha value is -2.31. The number of aryl methyl sites for hydroxylation is 1. The smallest absolute Gasteiger partial charge is 0.214 e. The summed E-state index contributed by atoms with van der Waals surface area (Å²) in [6.45, 7) is 3.16. The van der Waals surface area contributed by atoms with Crippen LogP contribution in [0, 0.1) is 4.77 Å². The Labute approximate surface area is 156 Å². The first-order chi connectivity index (χ1) is 12.2. The van der Waals surface area contributed by atoms with Gasteiger partial charge in [0.05, 0.1) is 6.54 Å². The number of benzene rings is 2. The van der Waals surface area contributed by atoms with Crippen molar-refractivity contribution >= 4 is 23.8 Å². The van der Waals surface area contributed by atoms with Crippen molar-refractivity contribution in [3.8, 4) is 5.75 Å². The molecule has 0 saturated carbocycles. The van der Waals surface area contributed by atoms with Crippen molar-refractivity contribution < 1.29 is 4.74 Å². The van der Waals surface area contributed by atoms with Gasteiger partial charge in [-0.2, -0.15) is 5.10 Å². The topological polar surface area (TPSA) is 54.9 Å². The van der Waals surface area contributed by atoms with Gasteiger partial charge in [-0.3, -0.25) is 5.10 Å².